The lowest BCUT2D eigenvalue weighted by molar-refractivity contribution is 0.0521. The molecule has 154 valence electrons. The van der Waals surface area contributed by atoms with E-state index in [-0.39, 0.29) is 24.0 Å². The van der Waals surface area contributed by atoms with E-state index in [9.17, 15) is 9.59 Å². The lowest BCUT2D eigenvalue weighted by atomic mass is 10.2. The number of nitrogens with zero attached hydrogens (tertiary/aromatic N) is 2. The van der Waals surface area contributed by atoms with E-state index < -0.39 is 5.97 Å². The normalized spacial score (nSPS) is 10.4. The molecular formula is C21H18ClN3O4S. The van der Waals surface area contributed by atoms with Gasteiger partial charge in [-0.25, -0.2) is 9.78 Å². The molecule has 3 aromatic rings. The van der Waals surface area contributed by atoms with Gasteiger partial charge in [-0.3, -0.25) is 4.79 Å². The second-order valence-electron chi connectivity index (χ2n) is 5.89. The summed E-state index contributed by atoms with van der Waals surface area (Å²) in [5.74, 6) is -0.430. The monoisotopic (exact) mass is 443 g/mol. The first-order valence-electron chi connectivity index (χ1n) is 8.93. The Bertz CT molecular complexity index is 1080. The van der Waals surface area contributed by atoms with Gasteiger partial charge in [0.05, 0.1) is 6.61 Å². The molecule has 0 aliphatic carbocycles. The first-order chi connectivity index (χ1) is 14.5. The molecule has 0 unspecified atom stereocenters. The Labute approximate surface area is 182 Å². The maximum atomic E-state index is 12.4. The molecule has 0 fully saturated rings. The van der Waals surface area contributed by atoms with E-state index in [1.54, 1.807) is 55.5 Å². The van der Waals surface area contributed by atoms with E-state index in [0.29, 0.717) is 27.2 Å². The minimum atomic E-state index is -0.578. The number of amides is 1. The first kappa shape index (κ1) is 21.6. The third-order valence-electron chi connectivity index (χ3n) is 3.80. The Morgan fingerprint density at radius 3 is 2.70 bits per heavy atom. The van der Waals surface area contributed by atoms with E-state index in [1.807, 2.05) is 6.26 Å². The third kappa shape index (κ3) is 5.49. The topological polar surface area (TPSA) is 90.4 Å². The van der Waals surface area contributed by atoms with Crippen LogP contribution in [0.4, 0.5) is 5.69 Å². The molecule has 0 saturated heterocycles. The van der Waals surface area contributed by atoms with Crippen molar-refractivity contribution in [2.75, 3.05) is 18.2 Å². The van der Waals surface area contributed by atoms with Crippen molar-refractivity contribution in [3.63, 3.8) is 0 Å². The molecule has 0 atom stereocenters. The SMILES string of the molecule is CCOC(=O)c1cnc(SC)nc1Oc1cccc(NC(=O)c2cccc(Cl)c2)c1. The smallest absolute Gasteiger partial charge is 0.345 e. The Balaban J connectivity index is 1.83. The maximum absolute atomic E-state index is 12.4. The Kier molecular flexibility index (Phi) is 7.26. The van der Waals surface area contributed by atoms with Crippen LogP contribution in [0.2, 0.25) is 5.02 Å². The second kappa shape index (κ2) is 10.1. The van der Waals surface area contributed by atoms with Crippen molar-refractivity contribution in [1.82, 2.24) is 9.97 Å². The number of thioether (sulfide) groups is 1. The van der Waals surface area contributed by atoms with E-state index in [0.717, 1.165) is 0 Å². The van der Waals surface area contributed by atoms with E-state index >= 15 is 0 Å². The number of hydrogen-bond donors (Lipinski definition) is 1. The Morgan fingerprint density at radius 1 is 1.17 bits per heavy atom. The number of ether oxygens (including phenoxy) is 2. The molecule has 0 aliphatic rings. The van der Waals surface area contributed by atoms with E-state index in [4.69, 9.17) is 21.1 Å². The average Bonchev–Trinajstić information content (AvgIpc) is 2.74. The standard InChI is InChI=1S/C21H18ClN3O4S/c1-3-28-20(27)17-12-23-21(30-2)25-19(17)29-16-9-5-8-15(11-16)24-18(26)13-6-4-7-14(22)10-13/h4-12H,3H2,1-2H3,(H,24,26). The van der Waals surface area contributed by atoms with Crippen molar-refractivity contribution in [2.45, 2.75) is 12.1 Å². The Hall–Kier alpha value is -3.10. The highest BCUT2D eigenvalue weighted by molar-refractivity contribution is 7.98. The number of carbonyl (C=O) groups is 2. The van der Waals surface area contributed by atoms with Gasteiger partial charge in [0.1, 0.15) is 11.3 Å². The Morgan fingerprint density at radius 2 is 1.97 bits per heavy atom. The molecule has 2 aromatic carbocycles. The van der Waals surface area contributed by atoms with Gasteiger partial charge < -0.3 is 14.8 Å². The van der Waals surface area contributed by atoms with Crippen molar-refractivity contribution in [2.24, 2.45) is 0 Å². The van der Waals surface area contributed by atoms with Gasteiger partial charge in [0, 0.05) is 28.5 Å². The number of carbonyl (C=O) groups excluding carboxylic acids is 2. The summed E-state index contributed by atoms with van der Waals surface area (Å²) in [6.07, 6.45) is 3.19. The molecule has 9 heteroatoms. The summed E-state index contributed by atoms with van der Waals surface area (Å²) in [5.41, 5.74) is 1.05. The number of halogens is 1. The quantitative estimate of drug-likeness (QED) is 0.309. The fraction of sp³-hybridized carbons (Fsp3) is 0.143. The first-order valence-corrected chi connectivity index (χ1v) is 10.5. The van der Waals surface area contributed by atoms with Crippen molar-refractivity contribution in [3.8, 4) is 11.6 Å². The molecule has 0 radical (unpaired) electrons. The summed E-state index contributed by atoms with van der Waals surface area (Å²) in [5, 5.41) is 3.71. The lowest BCUT2D eigenvalue weighted by Crippen LogP contribution is -2.12. The van der Waals surface area contributed by atoms with Crippen molar-refractivity contribution in [3.05, 3.63) is 70.9 Å². The molecule has 1 amide bonds. The number of aromatic nitrogens is 2. The van der Waals surface area contributed by atoms with Gasteiger partial charge in [-0.15, -0.1) is 0 Å². The van der Waals surface area contributed by atoms with Gasteiger partial charge >= 0.3 is 5.97 Å². The van der Waals surface area contributed by atoms with Crippen LogP contribution in [0.3, 0.4) is 0 Å². The van der Waals surface area contributed by atoms with Crippen molar-refractivity contribution in [1.29, 1.82) is 0 Å². The molecule has 0 aliphatic heterocycles. The van der Waals surface area contributed by atoms with Crippen molar-refractivity contribution >= 4 is 40.9 Å². The predicted molar refractivity (Wildman–Crippen MR) is 116 cm³/mol. The zero-order valence-corrected chi connectivity index (χ0v) is 17.8. The van der Waals surface area contributed by atoms with Crippen LogP contribution < -0.4 is 10.1 Å². The number of benzene rings is 2. The molecule has 30 heavy (non-hydrogen) atoms. The maximum Gasteiger partial charge on any atom is 0.345 e. The zero-order valence-electron chi connectivity index (χ0n) is 16.2. The van der Waals surface area contributed by atoms with Crippen LogP contribution in [0, 0.1) is 0 Å². The van der Waals surface area contributed by atoms with Crippen LogP contribution in [0.15, 0.2) is 59.9 Å². The zero-order chi connectivity index (χ0) is 21.5. The fourth-order valence-electron chi connectivity index (χ4n) is 2.46. The molecule has 0 saturated carbocycles. The number of hydrogen-bond acceptors (Lipinski definition) is 7. The molecular weight excluding hydrogens is 426 g/mol. The second-order valence-corrected chi connectivity index (χ2v) is 7.10. The number of anilines is 1. The summed E-state index contributed by atoms with van der Waals surface area (Å²) in [7, 11) is 0. The molecule has 1 aromatic heterocycles. The van der Waals surface area contributed by atoms with Crippen LogP contribution in [0.1, 0.15) is 27.6 Å². The summed E-state index contributed by atoms with van der Waals surface area (Å²) in [4.78, 5) is 33.0. The van der Waals surface area contributed by atoms with Gasteiger partial charge in [0.25, 0.3) is 5.91 Å². The molecule has 7 nitrogen and oxygen atoms in total. The highest BCUT2D eigenvalue weighted by Crippen LogP contribution is 2.27. The molecule has 0 spiro atoms. The molecule has 1 heterocycles. The summed E-state index contributed by atoms with van der Waals surface area (Å²) < 4.78 is 10.9. The summed E-state index contributed by atoms with van der Waals surface area (Å²) in [6, 6.07) is 13.4. The number of esters is 1. The third-order valence-corrected chi connectivity index (χ3v) is 4.60. The minimum absolute atomic E-state index is 0.0751. The van der Waals surface area contributed by atoms with Crippen LogP contribution in [0.25, 0.3) is 0 Å². The van der Waals surface area contributed by atoms with Gasteiger partial charge in [-0.1, -0.05) is 35.5 Å². The largest absolute Gasteiger partial charge is 0.462 e. The highest BCUT2D eigenvalue weighted by Gasteiger charge is 2.18. The minimum Gasteiger partial charge on any atom is -0.462 e. The van der Waals surface area contributed by atoms with Crippen LogP contribution >= 0.6 is 23.4 Å². The van der Waals surface area contributed by atoms with Gasteiger partial charge in [-0.2, -0.15) is 4.98 Å². The number of nitrogens with one attached hydrogen (secondary N) is 1. The predicted octanol–water partition coefficient (Wildman–Crippen LogP) is 5.07. The van der Waals surface area contributed by atoms with Crippen molar-refractivity contribution < 1.29 is 19.1 Å². The van der Waals surface area contributed by atoms with E-state index in [1.165, 1.54) is 18.0 Å². The van der Waals surface area contributed by atoms with Crippen LogP contribution in [-0.4, -0.2) is 34.7 Å². The molecule has 3 rings (SSSR count). The number of rotatable bonds is 7. The van der Waals surface area contributed by atoms with Gasteiger partial charge in [0.15, 0.2) is 5.16 Å². The fourth-order valence-corrected chi connectivity index (χ4v) is 2.98. The lowest BCUT2D eigenvalue weighted by Gasteiger charge is -2.11. The average molecular weight is 444 g/mol. The van der Waals surface area contributed by atoms with Gasteiger partial charge in [0.2, 0.25) is 5.88 Å². The van der Waals surface area contributed by atoms with Crippen LogP contribution in [-0.2, 0) is 4.74 Å². The summed E-state index contributed by atoms with van der Waals surface area (Å²) >= 11 is 7.26. The van der Waals surface area contributed by atoms with Gasteiger partial charge in [-0.05, 0) is 43.5 Å². The highest BCUT2D eigenvalue weighted by atomic mass is 35.5. The molecule has 0 bridgehead atoms. The van der Waals surface area contributed by atoms with E-state index in [2.05, 4.69) is 15.3 Å². The van der Waals surface area contributed by atoms with Crippen LogP contribution in [0.5, 0.6) is 11.6 Å². The molecule has 1 N–H and O–H groups in total. The summed E-state index contributed by atoms with van der Waals surface area (Å²) in [6.45, 7) is 1.93.